The quantitative estimate of drug-likeness (QED) is 0.484. The van der Waals surface area contributed by atoms with E-state index in [9.17, 15) is 18.8 Å². The number of halogens is 1. The van der Waals surface area contributed by atoms with E-state index >= 15 is 0 Å². The monoisotopic (exact) mass is 512 g/mol. The lowest BCUT2D eigenvalue weighted by atomic mass is 9.74. The maximum atomic E-state index is 14.4. The number of benzene rings is 2. The van der Waals surface area contributed by atoms with Gasteiger partial charge in [0.15, 0.2) is 0 Å². The smallest absolute Gasteiger partial charge is 0.407 e. The zero-order chi connectivity index (χ0) is 27.1. The summed E-state index contributed by atoms with van der Waals surface area (Å²) in [5.41, 5.74) is -0.312. The predicted octanol–water partition coefficient (Wildman–Crippen LogP) is 5.04. The summed E-state index contributed by atoms with van der Waals surface area (Å²) in [4.78, 5) is 38.6. The SMILES string of the molecule is COC(=O)C1(NC(=O)C[C@@H](Cc2ccccc2F)NC(=O)OC(C)(C)C)CCC(c2ccccc2)CC1. The van der Waals surface area contributed by atoms with Gasteiger partial charge in [0.05, 0.1) is 7.11 Å². The van der Waals surface area contributed by atoms with Gasteiger partial charge in [-0.25, -0.2) is 14.0 Å². The summed E-state index contributed by atoms with van der Waals surface area (Å²) in [6, 6.07) is 15.6. The minimum Gasteiger partial charge on any atom is -0.467 e. The largest absolute Gasteiger partial charge is 0.467 e. The van der Waals surface area contributed by atoms with Crippen molar-refractivity contribution >= 4 is 18.0 Å². The minimum absolute atomic E-state index is 0.0840. The summed E-state index contributed by atoms with van der Waals surface area (Å²) in [7, 11) is 1.31. The number of amides is 2. The van der Waals surface area contributed by atoms with Crippen LogP contribution >= 0.6 is 0 Å². The molecule has 7 nitrogen and oxygen atoms in total. The molecule has 2 aromatic carbocycles. The summed E-state index contributed by atoms with van der Waals surface area (Å²) < 4.78 is 24.8. The first-order valence-corrected chi connectivity index (χ1v) is 12.7. The van der Waals surface area contributed by atoms with Crippen molar-refractivity contribution in [3.05, 3.63) is 71.5 Å². The van der Waals surface area contributed by atoms with E-state index in [0.29, 0.717) is 37.2 Å². The van der Waals surface area contributed by atoms with Crippen molar-refractivity contribution in [3.63, 3.8) is 0 Å². The molecule has 37 heavy (non-hydrogen) atoms. The number of methoxy groups -OCH3 is 1. The van der Waals surface area contributed by atoms with Gasteiger partial charge in [-0.3, -0.25) is 4.79 Å². The molecule has 0 radical (unpaired) electrons. The molecule has 1 atom stereocenters. The van der Waals surface area contributed by atoms with E-state index in [4.69, 9.17) is 9.47 Å². The van der Waals surface area contributed by atoms with Crippen molar-refractivity contribution < 1.29 is 28.2 Å². The Morgan fingerprint density at radius 1 is 1.03 bits per heavy atom. The number of ether oxygens (including phenoxy) is 2. The third-order valence-corrected chi connectivity index (χ3v) is 6.64. The zero-order valence-corrected chi connectivity index (χ0v) is 22.0. The Kier molecular flexibility index (Phi) is 9.29. The number of rotatable bonds is 8. The minimum atomic E-state index is -1.15. The summed E-state index contributed by atoms with van der Waals surface area (Å²) in [5.74, 6) is -1.05. The lowest BCUT2D eigenvalue weighted by Gasteiger charge is -2.39. The highest BCUT2D eigenvalue weighted by Gasteiger charge is 2.44. The van der Waals surface area contributed by atoms with Crippen molar-refractivity contribution in [3.8, 4) is 0 Å². The number of alkyl carbamates (subject to hydrolysis) is 1. The van der Waals surface area contributed by atoms with Crippen molar-refractivity contribution in [1.29, 1.82) is 0 Å². The van der Waals surface area contributed by atoms with Crippen LogP contribution in [0, 0.1) is 5.82 Å². The molecule has 0 spiro atoms. The van der Waals surface area contributed by atoms with Crippen LogP contribution in [0.15, 0.2) is 54.6 Å². The van der Waals surface area contributed by atoms with Crippen LogP contribution in [-0.4, -0.2) is 42.3 Å². The Balaban J connectivity index is 1.72. The molecule has 2 aromatic rings. The molecule has 8 heteroatoms. The third-order valence-electron chi connectivity index (χ3n) is 6.64. The number of nitrogens with one attached hydrogen (secondary N) is 2. The average molecular weight is 513 g/mol. The number of esters is 1. The van der Waals surface area contributed by atoms with E-state index in [0.717, 1.165) is 0 Å². The molecule has 0 heterocycles. The molecule has 2 N–H and O–H groups in total. The van der Waals surface area contributed by atoms with Crippen LogP contribution in [0.4, 0.5) is 9.18 Å². The maximum absolute atomic E-state index is 14.4. The van der Waals surface area contributed by atoms with Crippen LogP contribution in [0.1, 0.15) is 69.9 Å². The highest BCUT2D eigenvalue weighted by molar-refractivity contribution is 5.88. The number of carbonyl (C=O) groups is 3. The fraction of sp³-hybridized carbons (Fsp3) is 0.483. The molecule has 0 unspecified atom stereocenters. The van der Waals surface area contributed by atoms with Gasteiger partial charge < -0.3 is 20.1 Å². The van der Waals surface area contributed by atoms with E-state index in [1.54, 1.807) is 39.0 Å². The molecule has 0 saturated heterocycles. The Morgan fingerprint density at radius 2 is 1.65 bits per heavy atom. The fourth-order valence-electron chi connectivity index (χ4n) is 4.86. The first-order valence-electron chi connectivity index (χ1n) is 12.7. The molecule has 1 aliphatic rings. The van der Waals surface area contributed by atoms with Gasteiger partial charge in [0.1, 0.15) is 17.0 Å². The van der Waals surface area contributed by atoms with E-state index < -0.39 is 41.0 Å². The van der Waals surface area contributed by atoms with Gasteiger partial charge in [0.2, 0.25) is 5.91 Å². The summed E-state index contributed by atoms with van der Waals surface area (Å²) in [6.45, 7) is 5.20. The molecule has 0 aliphatic heterocycles. The summed E-state index contributed by atoms with van der Waals surface area (Å²) in [6.07, 6.45) is 1.52. The van der Waals surface area contributed by atoms with E-state index in [1.165, 1.54) is 18.7 Å². The molecule has 1 saturated carbocycles. The molecular formula is C29H37FN2O5. The molecular weight excluding hydrogens is 475 g/mol. The van der Waals surface area contributed by atoms with Crippen LogP contribution in [0.5, 0.6) is 0 Å². The Morgan fingerprint density at radius 3 is 2.24 bits per heavy atom. The standard InChI is InChI=1S/C29H37FN2O5/c1-28(2,3)37-27(35)31-23(18-22-12-8-9-13-24(22)30)19-25(33)32-29(26(34)36-4)16-14-21(15-17-29)20-10-6-5-7-11-20/h5-13,21,23H,14-19H2,1-4H3,(H,31,35)(H,32,33)/t21?,23-,29?/m1/s1. The highest BCUT2D eigenvalue weighted by atomic mass is 19.1. The van der Waals surface area contributed by atoms with Crippen molar-refractivity contribution in [2.45, 2.75) is 82.4 Å². The van der Waals surface area contributed by atoms with Crippen molar-refractivity contribution in [2.75, 3.05) is 7.11 Å². The van der Waals surface area contributed by atoms with Gasteiger partial charge >= 0.3 is 12.1 Å². The second-order valence-electron chi connectivity index (χ2n) is 10.6. The normalized spacial score (nSPS) is 20.4. The Labute approximate surface area is 218 Å². The van der Waals surface area contributed by atoms with E-state index in [1.807, 2.05) is 18.2 Å². The second-order valence-corrected chi connectivity index (χ2v) is 10.6. The Hall–Kier alpha value is -3.42. The summed E-state index contributed by atoms with van der Waals surface area (Å²) in [5, 5.41) is 5.60. The van der Waals surface area contributed by atoms with Crippen molar-refractivity contribution in [1.82, 2.24) is 10.6 Å². The molecule has 200 valence electrons. The Bertz CT molecular complexity index is 1080. The van der Waals surface area contributed by atoms with E-state index in [-0.39, 0.29) is 12.8 Å². The number of carbonyl (C=O) groups excluding carboxylic acids is 3. The number of hydrogen-bond donors (Lipinski definition) is 2. The van der Waals surface area contributed by atoms with Crippen LogP contribution in [0.25, 0.3) is 0 Å². The van der Waals surface area contributed by atoms with Crippen LogP contribution in [0.2, 0.25) is 0 Å². The second kappa shape index (κ2) is 12.2. The topological polar surface area (TPSA) is 93.7 Å². The lowest BCUT2D eigenvalue weighted by Crippen LogP contribution is -2.57. The van der Waals surface area contributed by atoms with Gasteiger partial charge in [0, 0.05) is 12.5 Å². The van der Waals surface area contributed by atoms with Gasteiger partial charge in [-0.1, -0.05) is 48.5 Å². The van der Waals surface area contributed by atoms with Gasteiger partial charge in [-0.05, 0) is 76.0 Å². The lowest BCUT2D eigenvalue weighted by molar-refractivity contribution is -0.153. The predicted molar refractivity (Wildman–Crippen MR) is 138 cm³/mol. The number of hydrogen-bond acceptors (Lipinski definition) is 5. The van der Waals surface area contributed by atoms with Crippen LogP contribution in [0.3, 0.4) is 0 Å². The van der Waals surface area contributed by atoms with Crippen LogP contribution in [-0.2, 0) is 25.5 Å². The molecule has 2 amide bonds. The molecule has 0 aromatic heterocycles. The maximum Gasteiger partial charge on any atom is 0.407 e. The van der Waals surface area contributed by atoms with Gasteiger partial charge in [-0.2, -0.15) is 0 Å². The highest BCUT2D eigenvalue weighted by Crippen LogP contribution is 2.38. The average Bonchev–Trinajstić information content (AvgIpc) is 2.84. The zero-order valence-electron chi connectivity index (χ0n) is 22.0. The molecule has 1 aliphatic carbocycles. The fourth-order valence-corrected chi connectivity index (χ4v) is 4.86. The molecule has 1 fully saturated rings. The third kappa shape index (κ3) is 8.03. The van der Waals surface area contributed by atoms with Crippen LogP contribution < -0.4 is 10.6 Å². The summed E-state index contributed by atoms with van der Waals surface area (Å²) >= 11 is 0. The van der Waals surface area contributed by atoms with Crippen molar-refractivity contribution in [2.24, 2.45) is 0 Å². The van der Waals surface area contributed by atoms with E-state index in [2.05, 4.69) is 22.8 Å². The molecule has 3 rings (SSSR count). The first-order chi connectivity index (χ1) is 17.5. The van der Waals surface area contributed by atoms with Gasteiger partial charge in [-0.15, -0.1) is 0 Å². The van der Waals surface area contributed by atoms with Gasteiger partial charge in [0.25, 0.3) is 0 Å². The first kappa shape index (κ1) is 28.2. The molecule has 0 bridgehead atoms.